The lowest BCUT2D eigenvalue weighted by Crippen LogP contribution is -2.28. The molecule has 1 rings (SSSR count). The molecule has 0 bridgehead atoms. The maximum Gasteiger partial charge on any atom is 0.269 e. The van der Waals surface area contributed by atoms with Crippen LogP contribution in [0.25, 0.3) is 0 Å². The molecule has 0 aliphatic carbocycles. The summed E-state index contributed by atoms with van der Waals surface area (Å²) in [5.41, 5.74) is 0.426. The van der Waals surface area contributed by atoms with E-state index in [0.29, 0.717) is 12.1 Å². The van der Waals surface area contributed by atoms with Crippen molar-refractivity contribution in [2.45, 2.75) is 6.42 Å². The highest BCUT2D eigenvalue weighted by Crippen LogP contribution is 1.95. The molecule has 0 saturated carbocycles. The lowest BCUT2D eigenvalue weighted by Gasteiger charge is -2.04. The van der Waals surface area contributed by atoms with E-state index < -0.39 is 10.0 Å². The molecule has 16 heavy (non-hydrogen) atoms. The summed E-state index contributed by atoms with van der Waals surface area (Å²) in [6, 6.07) is 1.58. The monoisotopic (exact) mass is 246 g/mol. The van der Waals surface area contributed by atoms with Crippen LogP contribution >= 0.6 is 0 Å². The van der Waals surface area contributed by atoms with E-state index in [0.717, 1.165) is 0 Å². The Bertz CT molecular complexity index is 465. The second-order valence-corrected chi connectivity index (χ2v) is 5.05. The smallest absolute Gasteiger partial charge is 0.269 e. The molecular weight excluding hydrogens is 232 g/mol. The largest absolute Gasteiger partial charge is 0.351 e. The Morgan fingerprint density at radius 1 is 1.62 bits per heavy atom. The van der Waals surface area contributed by atoms with E-state index in [2.05, 4.69) is 10.4 Å². The average molecular weight is 246 g/mol. The Kier molecular flexibility index (Phi) is 4.02. The van der Waals surface area contributed by atoms with Gasteiger partial charge in [-0.1, -0.05) is 0 Å². The van der Waals surface area contributed by atoms with E-state index in [1.165, 1.54) is 10.9 Å². The number of nitrogens with one attached hydrogen (secondary N) is 1. The number of hydrogen-bond acceptors (Lipinski definition) is 4. The van der Waals surface area contributed by atoms with Crippen molar-refractivity contribution >= 4 is 15.9 Å². The van der Waals surface area contributed by atoms with Gasteiger partial charge in [-0.25, -0.2) is 13.6 Å². The van der Waals surface area contributed by atoms with Gasteiger partial charge in [0.15, 0.2) is 0 Å². The van der Waals surface area contributed by atoms with Crippen LogP contribution in [0.1, 0.15) is 16.9 Å². The Balaban J connectivity index is 2.35. The van der Waals surface area contributed by atoms with Crippen molar-refractivity contribution in [2.75, 3.05) is 12.3 Å². The van der Waals surface area contributed by atoms with Crippen molar-refractivity contribution in [3.8, 4) is 0 Å². The molecule has 0 unspecified atom stereocenters. The fourth-order valence-corrected chi connectivity index (χ4v) is 1.71. The van der Waals surface area contributed by atoms with Gasteiger partial charge in [-0.15, -0.1) is 0 Å². The molecule has 0 radical (unpaired) electrons. The van der Waals surface area contributed by atoms with Crippen LogP contribution in [-0.4, -0.2) is 36.4 Å². The minimum absolute atomic E-state index is 0.140. The van der Waals surface area contributed by atoms with Crippen molar-refractivity contribution in [1.82, 2.24) is 15.1 Å². The molecule has 3 N–H and O–H groups in total. The van der Waals surface area contributed by atoms with Gasteiger partial charge < -0.3 is 5.32 Å². The molecule has 0 aliphatic heterocycles. The zero-order chi connectivity index (χ0) is 12.2. The highest BCUT2D eigenvalue weighted by Gasteiger charge is 2.09. The number of aryl methyl sites for hydroxylation is 1. The van der Waals surface area contributed by atoms with Gasteiger partial charge in [0.2, 0.25) is 10.0 Å². The molecule has 0 fully saturated rings. The van der Waals surface area contributed by atoms with Gasteiger partial charge >= 0.3 is 0 Å². The van der Waals surface area contributed by atoms with E-state index in [9.17, 15) is 13.2 Å². The molecular formula is C8H14N4O3S. The zero-order valence-electron chi connectivity index (χ0n) is 8.88. The summed E-state index contributed by atoms with van der Waals surface area (Å²) in [5.74, 6) is -0.423. The summed E-state index contributed by atoms with van der Waals surface area (Å²) in [7, 11) is -1.80. The minimum atomic E-state index is -3.45. The average Bonchev–Trinajstić information content (AvgIpc) is 2.57. The molecule has 0 aliphatic rings. The second-order valence-electron chi connectivity index (χ2n) is 3.32. The normalized spacial score (nSPS) is 11.4. The van der Waals surface area contributed by atoms with Gasteiger partial charge in [-0.3, -0.25) is 9.48 Å². The Morgan fingerprint density at radius 3 is 2.81 bits per heavy atom. The first-order valence-electron chi connectivity index (χ1n) is 4.67. The standard InChI is InChI=1S/C8H14N4O3S/c1-12-7(3-5-11-12)8(13)10-4-2-6-16(9,14)15/h3,5H,2,4,6H2,1H3,(H,10,13)(H2,9,14,15). The summed E-state index contributed by atoms with van der Waals surface area (Å²) in [6.45, 7) is 0.264. The molecule has 1 heterocycles. The number of sulfonamides is 1. The first-order chi connectivity index (χ1) is 7.40. The first-order valence-corrected chi connectivity index (χ1v) is 6.38. The Morgan fingerprint density at radius 2 is 2.31 bits per heavy atom. The lowest BCUT2D eigenvalue weighted by molar-refractivity contribution is 0.0944. The number of carbonyl (C=O) groups excluding carboxylic acids is 1. The van der Waals surface area contributed by atoms with Crippen LogP contribution in [0.4, 0.5) is 0 Å². The molecule has 0 aromatic carbocycles. The highest BCUT2D eigenvalue weighted by atomic mass is 32.2. The van der Waals surface area contributed by atoms with Crippen molar-refractivity contribution in [3.63, 3.8) is 0 Å². The number of nitrogens with two attached hydrogens (primary N) is 1. The van der Waals surface area contributed by atoms with Crippen LogP contribution in [0.2, 0.25) is 0 Å². The number of primary sulfonamides is 1. The van der Waals surface area contributed by atoms with Crippen LogP contribution in [0.3, 0.4) is 0 Å². The summed E-state index contributed by atoms with van der Waals surface area (Å²) in [5, 5.41) is 11.2. The molecule has 8 heteroatoms. The van der Waals surface area contributed by atoms with Gasteiger partial charge in [-0.2, -0.15) is 5.10 Å². The van der Waals surface area contributed by atoms with Crippen molar-refractivity contribution in [2.24, 2.45) is 12.2 Å². The van der Waals surface area contributed by atoms with Crippen molar-refractivity contribution < 1.29 is 13.2 Å². The van der Waals surface area contributed by atoms with Gasteiger partial charge in [0.25, 0.3) is 5.91 Å². The fraction of sp³-hybridized carbons (Fsp3) is 0.500. The predicted octanol–water partition coefficient (Wildman–Crippen LogP) is -1.17. The summed E-state index contributed by atoms with van der Waals surface area (Å²) < 4.78 is 22.7. The molecule has 0 saturated heterocycles. The second kappa shape index (κ2) is 5.08. The fourth-order valence-electron chi connectivity index (χ4n) is 1.16. The summed E-state index contributed by atoms with van der Waals surface area (Å²) >= 11 is 0. The third-order valence-corrected chi connectivity index (χ3v) is 2.80. The van der Waals surface area contributed by atoms with Gasteiger partial charge in [0.1, 0.15) is 5.69 Å². The number of carbonyl (C=O) groups is 1. The molecule has 1 aromatic rings. The Hall–Kier alpha value is -1.41. The van der Waals surface area contributed by atoms with E-state index in [4.69, 9.17) is 5.14 Å². The molecule has 7 nitrogen and oxygen atoms in total. The summed E-state index contributed by atoms with van der Waals surface area (Å²) in [6.07, 6.45) is 1.81. The van der Waals surface area contributed by atoms with E-state index in [1.807, 2.05) is 0 Å². The minimum Gasteiger partial charge on any atom is -0.351 e. The van der Waals surface area contributed by atoms with Crippen molar-refractivity contribution in [3.05, 3.63) is 18.0 Å². The molecule has 0 spiro atoms. The van der Waals surface area contributed by atoms with Crippen LogP contribution in [-0.2, 0) is 17.1 Å². The Labute approximate surface area is 93.7 Å². The zero-order valence-corrected chi connectivity index (χ0v) is 9.70. The van der Waals surface area contributed by atoms with Crippen LogP contribution in [0.15, 0.2) is 12.3 Å². The van der Waals surface area contributed by atoms with Crippen LogP contribution < -0.4 is 10.5 Å². The maximum absolute atomic E-state index is 11.5. The highest BCUT2D eigenvalue weighted by molar-refractivity contribution is 7.89. The molecule has 90 valence electrons. The van der Waals surface area contributed by atoms with Crippen molar-refractivity contribution in [1.29, 1.82) is 0 Å². The van der Waals surface area contributed by atoms with Crippen LogP contribution in [0, 0.1) is 0 Å². The molecule has 0 atom stereocenters. The number of aromatic nitrogens is 2. The molecule has 1 aromatic heterocycles. The van der Waals surface area contributed by atoms with Crippen LogP contribution in [0.5, 0.6) is 0 Å². The van der Waals surface area contributed by atoms with E-state index >= 15 is 0 Å². The predicted molar refractivity (Wildman–Crippen MR) is 58.1 cm³/mol. The van der Waals surface area contributed by atoms with E-state index in [-0.39, 0.29) is 18.2 Å². The number of nitrogens with zero attached hydrogens (tertiary/aromatic N) is 2. The molecule has 1 amide bonds. The van der Waals surface area contributed by atoms with Gasteiger partial charge in [0.05, 0.1) is 5.75 Å². The number of amides is 1. The lowest BCUT2D eigenvalue weighted by atomic mass is 10.4. The number of rotatable bonds is 5. The quantitative estimate of drug-likeness (QED) is 0.638. The topological polar surface area (TPSA) is 107 Å². The maximum atomic E-state index is 11.5. The van der Waals surface area contributed by atoms with Gasteiger partial charge in [0, 0.05) is 19.8 Å². The van der Waals surface area contributed by atoms with E-state index in [1.54, 1.807) is 13.1 Å². The third-order valence-electron chi connectivity index (χ3n) is 1.94. The van der Waals surface area contributed by atoms with Gasteiger partial charge in [-0.05, 0) is 12.5 Å². The SMILES string of the molecule is Cn1nccc1C(=O)NCCCS(N)(=O)=O. The third kappa shape index (κ3) is 3.99. The summed E-state index contributed by atoms with van der Waals surface area (Å²) in [4.78, 5) is 11.5. The number of hydrogen-bond donors (Lipinski definition) is 2. The first kappa shape index (κ1) is 12.7.